The van der Waals surface area contributed by atoms with Gasteiger partial charge in [-0.3, -0.25) is 4.79 Å². The molecular formula is C13H16N4OS. The third kappa shape index (κ3) is 2.85. The highest BCUT2D eigenvalue weighted by atomic mass is 32.1. The van der Waals surface area contributed by atoms with E-state index >= 15 is 0 Å². The van der Waals surface area contributed by atoms with Crippen molar-refractivity contribution in [2.75, 3.05) is 11.1 Å². The first-order chi connectivity index (χ1) is 9.13. The van der Waals surface area contributed by atoms with Crippen molar-refractivity contribution in [1.29, 1.82) is 0 Å². The van der Waals surface area contributed by atoms with Crippen LogP contribution in [0.15, 0.2) is 29.8 Å². The SMILES string of the molecule is CCC(Nc1c(N)cccc1C(N)=O)c1nccs1. The average molecular weight is 276 g/mol. The molecule has 0 radical (unpaired) electrons. The van der Waals surface area contributed by atoms with E-state index < -0.39 is 5.91 Å². The molecule has 1 aromatic heterocycles. The molecule has 1 unspecified atom stereocenters. The van der Waals surface area contributed by atoms with Crippen molar-refractivity contribution in [2.45, 2.75) is 19.4 Å². The molecule has 1 heterocycles. The molecule has 6 heteroatoms. The number of nitrogens with two attached hydrogens (primary N) is 2. The Bertz CT molecular complexity index is 568. The number of amides is 1. The van der Waals surface area contributed by atoms with E-state index in [4.69, 9.17) is 11.5 Å². The number of anilines is 2. The van der Waals surface area contributed by atoms with Crippen LogP contribution in [0.2, 0.25) is 0 Å². The highest BCUT2D eigenvalue weighted by Crippen LogP contribution is 2.30. The van der Waals surface area contributed by atoms with Gasteiger partial charge in [-0.15, -0.1) is 11.3 Å². The average Bonchev–Trinajstić information content (AvgIpc) is 2.90. The summed E-state index contributed by atoms with van der Waals surface area (Å²) in [6.45, 7) is 2.04. The highest BCUT2D eigenvalue weighted by molar-refractivity contribution is 7.09. The maximum Gasteiger partial charge on any atom is 0.250 e. The van der Waals surface area contributed by atoms with E-state index in [1.807, 2.05) is 12.3 Å². The fourth-order valence-electron chi connectivity index (χ4n) is 1.86. The molecule has 1 aromatic carbocycles. The van der Waals surface area contributed by atoms with Crippen LogP contribution < -0.4 is 16.8 Å². The van der Waals surface area contributed by atoms with Crippen LogP contribution in [0.5, 0.6) is 0 Å². The Kier molecular flexibility index (Phi) is 4.01. The monoisotopic (exact) mass is 276 g/mol. The zero-order chi connectivity index (χ0) is 13.8. The van der Waals surface area contributed by atoms with Crippen molar-refractivity contribution in [1.82, 2.24) is 4.98 Å². The van der Waals surface area contributed by atoms with Crippen LogP contribution in [-0.2, 0) is 0 Å². The summed E-state index contributed by atoms with van der Waals surface area (Å²) in [5.41, 5.74) is 12.8. The van der Waals surface area contributed by atoms with Crippen molar-refractivity contribution in [2.24, 2.45) is 5.73 Å². The Morgan fingerprint density at radius 1 is 1.53 bits per heavy atom. The van der Waals surface area contributed by atoms with Crippen molar-refractivity contribution in [3.63, 3.8) is 0 Å². The Balaban J connectivity index is 2.34. The highest BCUT2D eigenvalue weighted by Gasteiger charge is 2.17. The molecule has 5 nitrogen and oxygen atoms in total. The number of aromatic nitrogens is 1. The number of nitrogen functional groups attached to an aromatic ring is 1. The van der Waals surface area contributed by atoms with E-state index in [-0.39, 0.29) is 6.04 Å². The van der Waals surface area contributed by atoms with Crippen LogP contribution in [0.25, 0.3) is 0 Å². The fraction of sp³-hybridized carbons (Fsp3) is 0.231. The van der Waals surface area contributed by atoms with Crippen LogP contribution in [0.4, 0.5) is 11.4 Å². The predicted molar refractivity (Wildman–Crippen MR) is 78.1 cm³/mol. The van der Waals surface area contributed by atoms with Gasteiger partial charge in [-0.2, -0.15) is 0 Å². The zero-order valence-electron chi connectivity index (χ0n) is 10.6. The molecule has 100 valence electrons. The van der Waals surface area contributed by atoms with Gasteiger partial charge < -0.3 is 16.8 Å². The van der Waals surface area contributed by atoms with Gasteiger partial charge in [0.25, 0.3) is 5.91 Å². The zero-order valence-corrected chi connectivity index (χ0v) is 11.4. The van der Waals surface area contributed by atoms with Gasteiger partial charge in [-0.25, -0.2) is 4.98 Å². The van der Waals surface area contributed by atoms with E-state index in [0.717, 1.165) is 11.4 Å². The number of nitrogens with one attached hydrogen (secondary N) is 1. The third-order valence-electron chi connectivity index (χ3n) is 2.84. The second kappa shape index (κ2) is 5.71. The third-order valence-corrected chi connectivity index (χ3v) is 3.73. The Labute approximate surface area is 115 Å². The molecular weight excluding hydrogens is 260 g/mol. The summed E-state index contributed by atoms with van der Waals surface area (Å²) in [5.74, 6) is -0.496. The van der Waals surface area contributed by atoms with E-state index in [2.05, 4.69) is 10.3 Å². The number of benzene rings is 1. The lowest BCUT2D eigenvalue weighted by Crippen LogP contribution is -2.18. The number of rotatable bonds is 5. The van der Waals surface area contributed by atoms with Gasteiger partial charge in [0.2, 0.25) is 0 Å². The number of carbonyl (C=O) groups is 1. The number of thiazole rings is 1. The first kappa shape index (κ1) is 13.4. The lowest BCUT2D eigenvalue weighted by molar-refractivity contribution is 0.100. The van der Waals surface area contributed by atoms with Gasteiger partial charge in [-0.1, -0.05) is 13.0 Å². The van der Waals surface area contributed by atoms with Gasteiger partial charge in [0, 0.05) is 11.6 Å². The lowest BCUT2D eigenvalue weighted by Gasteiger charge is -2.19. The van der Waals surface area contributed by atoms with Gasteiger partial charge in [0.05, 0.1) is 23.0 Å². The minimum atomic E-state index is -0.496. The molecule has 2 aromatic rings. The molecule has 19 heavy (non-hydrogen) atoms. The molecule has 2 rings (SSSR count). The number of hydrogen-bond acceptors (Lipinski definition) is 5. The topological polar surface area (TPSA) is 94.0 Å². The van der Waals surface area contributed by atoms with Crippen molar-refractivity contribution >= 4 is 28.6 Å². The van der Waals surface area contributed by atoms with Crippen LogP contribution in [0.1, 0.15) is 34.8 Å². The molecule has 0 bridgehead atoms. The molecule has 0 spiro atoms. The standard InChI is InChI=1S/C13H16N4OS/c1-2-10(13-16-6-7-19-13)17-11-8(12(15)18)4-3-5-9(11)14/h3-7,10,17H,2,14H2,1H3,(H2,15,18). The molecule has 0 fully saturated rings. The first-order valence-corrected chi connectivity index (χ1v) is 6.85. The second-order valence-corrected chi connectivity index (χ2v) is 5.04. The molecule has 5 N–H and O–H groups in total. The minimum absolute atomic E-state index is 0.0165. The van der Waals surface area contributed by atoms with Gasteiger partial charge in [0.1, 0.15) is 5.01 Å². The minimum Gasteiger partial charge on any atom is -0.397 e. The summed E-state index contributed by atoms with van der Waals surface area (Å²) in [6.07, 6.45) is 2.59. The maximum absolute atomic E-state index is 11.4. The van der Waals surface area contributed by atoms with Gasteiger partial charge in [-0.05, 0) is 18.6 Å². The molecule has 1 amide bonds. The first-order valence-electron chi connectivity index (χ1n) is 5.97. The largest absolute Gasteiger partial charge is 0.397 e. The van der Waals surface area contributed by atoms with E-state index in [9.17, 15) is 4.79 Å². The maximum atomic E-state index is 11.4. The van der Waals surface area contributed by atoms with Crippen LogP contribution in [0.3, 0.4) is 0 Å². The van der Waals surface area contributed by atoms with Gasteiger partial charge in [0.15, 0.2) is 0 Å². The number of para-hydroxylation sites is 1. The van der Waals surface area contributed by atoms with Crippen molar-refractivity contribution < 1.29 is 4.79 Å². The number of primary amides is 1. The summed E-state index contributed by atoms with van der Waals surface area (Å²) in [5, 5.41) is 6.15. The summed E-state index contributed by atoms with van der Waals surface area (Å²) in [4.78, 5) is 15.7. The van der Waals surface area contributed by atoms with E-state index in [1.165, 1.54) is 0 Å². The van der Waals surface area contributed by atoms with Crippen molar-refractivity contribution in [3.05, 3.63) is 40.3 Å². The summed E-state index contributed by atoms with van der Waals surface area (Å²) in [6, 6.07) is 5.13. The van der Waals surface area contributed by atoms with Crippen LogP contribution in [-0.4, -0.2) is 10.9 Å². The molecule has 0 saturated carbocycles. The molecule has 0 aliphatic carbocycles. The fourth-order valence-corrected chi connectivity index (χ4v) is 2.63. The molecule has 0 aliphatic rings. The Morgan fingerprint density at radius 2 is 2.32 bits per heavy atom. The molecule has 1 atom stereocenters. The normalized spacial score (nSPS) is 12.1. The predicted octanol–water partition coefficient (Wildman–Crippen LogP) is 2.39. The number of carbonyl (C=O) groups excluding carboxylic acids is 1. The second-order valence-electron chi connectivity index (χ2n) is 4.11. The lowest BCUT2D eigenvalue weighted by atomic mass is 10.1. The van der Waals surface area contributed by atoms with Gasteiger partial charge >= 0.3 is 0 Å². The summed E-state index contributed by atoms with van der Waals surface area (Å²) in [7, 11) is 0. The Hall–Kier alpha value is -2.08. The summed E-state index contributed by atoms with van der Waals surface area (Å²) < 4.78 is 0. The van der Waals surface area contributed by atoms with Crippen molar-refractivity contribution in [3.8, 4) is 0 Å². The summed E-state index contributed by atoms with van der Waals surface area (Å²) >= 11 is 1.56. The molecule has 0 saturated heterocycles. The number of hydrogen-bond donors (Lipinski definition) is 3. The Morgan fingerprint density at radius 3 is 2.89 bits per heavy atom. The smallest absolute Gasteiger partial charge is 0.250 e. The van der Waals surface area contributed by atoms with Crippen LogP contribution >= 0.6 is 11.3 Å². The number of nitrogens with zero attached hydrogens (tertiary/aromatic N) is 1. The van der Waals surface area contributed by atoms with Crippen LogP contribution in [0, 0.1) is 0 Å². The van der Waals surface area contributed by atoms with E-state index in [0.29, 0.717) is 16.9 Å². The van der Waals surface area contributed by atoms with E-state index in [1.54, 1.807) is 35.7 Å². The quantitative estimate of drug-likeness (QED) is 0.731. The molecule has 0 aliphatic heterocycles.